The minimum absolute atomic E-state index is 0.688. The zero-order valence-electron chi connectivity index (χ0n) is 7.78. The molecule has 0 atom stereocenters. The molecule has 13 heavy (non-hydrogen) atoms. The van der Waals surface area contributed by atoms with Crippen molar-refractivity contribution < 1.29 is 9.53 Å². The molecule has 0 saturated heterocycles. The number of allylic oxidation sites excluding steroid dienone is 1. The van der Waals surface area contributed by atoms with E-state index in [0.717, 1.165) is 17.4 Å². The van der Waals surface area contributed by atoms with E-state index < -0.39 is 0 Å². The van der Waals surface area contributed by atoms with Crippen LogP contribution in [-0.2, 0) is 4.74 Å². The van der Waals surface area contributed by atoms with Crippen molar-refractivity contribution in [3.05, 3.63) is 41.7 Å². The first-order valence-electron chi connectivity index (χ1n) is 4.03. The highest BCUT2D eigenvalue weighted by molar-refractivity contribution is 5.84. The Kier molecular flexibility index (Phi) is 3.26. The average Bonchev–Trinajstić information content (AvgIpc) is 2.18. The van der Waals surface area contributed by atoms with Crippen LogP contribution in [0.5, 0.6) is 0 Å². The lowest BCUT2D eigenvalue weighted by atomic mass is 10.0. The second-order valence-electron chi connectivity index (χ2n) is 2.74. The molecule has 1 aromatic carbocycles. The normalized spacial score (nSPS) is 11.1. The molecule has 2 nitrogen and oxygen atoms in total. The van der Waals surface area contributed by atoms with Gasteiger partial charge in [0, 0.05) is 5.56 Å². The summed E-state index contributed by atoms with van der Waals surface area (Å²) in [6, 6.07) is 7.42. The maximum Gasteiger partial charge on any atom is 0.150 e. The third kappa shape index (κ3) is 2.18. The molecule has 0 aromatic heterocycles. The van der Waals surface area contributed by atoms with Crippen molar-refractivity contribution in [3.63, 3.8) is 0 Å². The van der Waals surface area contributed by atoms with Crippen molar-refractivity contribution in [2.45, 2.75) is 6.92 Å². The van der Waals surface area contributed by atoms with E-state index in [9.17, 15) is 4.79 Å². The van der Waals surface area contributed by atoms with Crippen LogP contribution in [0.15, 0.2) is 30.5 Å². The summed E-state index contributed by atoms with van der Waals surface area (Å²) in [5, 5.41) is 0. The number of carbonyl (C=O) groups is 1. The Morgan fingerprint density at radius 2 is 2.08 bits per heavy atom. The van der Waals surface area contributed by atoms with Gasteiger partial charge in [-0.05, 0) is 18.1 Å². The van der Waals surface area contributed by atoms with Gasteiger partial charge in [-0.1, -0.05) is 24.3 Å². The van der Waals surface area contributed by atoms with E-state index in [2.05, 4.69) is 0 Å². The Morgan fingerprint density at radius 1 is 1.38 bits per heavy atom. The molecule has 2 heteroatoms. The minimum atomic E-state index is 0.688. The number of aldehydes is 1. The van der Waals surface area contributed by atoms with Gasteiger partial charge in [0.1, 0.15) is 0 Å². The number of rotatable bonds is 3. The van der Waals surface area contributed by atoms with Gasteiger partial charge in [0.25, 0.3) is 0 Å². The quantitative estimate of drug-likeness (QED) is 0.522. The third-order valence-corrected chi connectivity index (χ3v) is 1.81. The largest absolute Gasteiger partial charge is 0.504 e. The molecular formula is C11H12O2. The molecule has 0 aliphatic heterocycles. The molecule has 0 bridgehead atoms. The number of methoxy groups -OCH3 is 1. The summed E-state index contributed by atoms with van der Waals surface area (Å²) in [7, 11) is 1.59. The molecule has 0 amide bonds. The number of carbonyl (C=O) groups excluding carboxylic acids is 1. The van der Waals surface area contributed by atoms with Gasteiger partial charge in [0.05, 0.1) is 13.4 Å². The molecule has 1 aromatic rings. The van der Waals surface area contributed by atoms with E-state index >= 15 is 0 Å². The molecule has 0 unspecified atom stereocenters. The number of hydrogen-bond donors (Lipinski definition) is 0. The smallest absolute Gasteiger partial charge is 0.150 e. The highest BCUT2D eigenvalue weighted by atomic mass is 16.5. The Labute approximate surface area is 77.8 Å². The fourth-order valence-corrected chi connectivity index (χ4v) is 1.20. The zero-order valence-corrected chi connectivity index (χ0v) is 7.78. The summed E-state index contributed by atoms with van der Waals surface area (Å²) in [4.78, 5) is 10.7. The average molecular weight is 176 g/mol. The van der Waals surface area contributed by atoms with Gasteiger partial charge in [-0.15, -0.1) is 0 Å². The Morgan fingerprint density at radius 3 is 2.69 bits per heavy atom. The molecular weight excluding hydrogens is 164 g/mol. The van der Waals surface area contributed by atoms with Crippen molar-refractivity contribution in [2.75, 3.05) is 7.11 Å². The molecule has 0 radical (unpaired) electrons. The fraction of sp³-hybridized carbons (Fsp3) is 0.182. The van der Waals surface area contributed by atoms with Crippen LogP contribution in [-0.4, -0.2) is 13.4 Å². The van der Waals surface area contributed by atoms with Crippen molar-refractivity contribution in [2.24, 2.45) is 0 Å². The van der Waals surface area contributed by atoms with Crippen LogP contribution in [0.4, 0.5) is 0 Å². The van der Waals surface area contributed by atoms with Gasteiger partial charge < -0.3 is 4.74 Å². The number of benzene rings is 1. The predicted octanol–water partition coefficient (Wildman–Crippen LogP) is 2.51. The molecule has 0 aliphatic rings. The van der Waals surface area contributed by atoms with Gasteiger partial charge in [-0.3, -0.25) is 4.79 Å². The van der Waals surface area contributed by atoms with Crippen molar-refractivity contribution in [1.29, 1.82) is 0 Å². The van der Waals surface area contributed by atoms with Crippen LogP contribution in [0.3, 0.4) is 0 Å². The molecule has 0 fully saturated rings. The van der Waals surface area contributed by atoms with Crippen LogP contribution in [0.25, 0.3) is 5.57 Å². The van der Waals surface area contributed by atoms with Crippen LogP contribution < -0.4 is 0 Å². The summed E-state index contributed by atoms with van der Waals surface area (Å²) in [5.41, 5.74) is 2.55. The molecule has 0 N–H and O–H groups in total. The van der Waals surface area contributed by atoms with Crippen LogP contribution >= 0.6 is 0 Å². The van der Waals surface area contributed by atoms with Crippen molar-refractivity contribution in [1.82, 2.24) is 0 Å². The summed E-state index contributed by atoms with van der Waals surface area (Å²) in [5.74, 6) is 0. The van der Waals surface area contributed by atoms with Gasteiger partial charge in [-0.25, -0.2) is 0 Å². The molecule has 0 heterocycles. The summed E-state index contributed by atoms with van der Waals surface area (Å²) in [6.07, 6.45) is 2.48. The van der Waals surface area contributed by atoms with Gasteiger partial charge in [-0.2, -0.15) is 0 Å². The van der Waals surface area contributed by atoms with Crippen molar-refractivity contribution in [3.8, 4) is 0 Å². The van der Waals surface area contributed by atoms with E-state index in [-0.39, 0.29) is 0 Å². The zero-order chi connectivity index (χ0) is 9.68. The summed E-state index contributed by atoms with van der Waals surface area (Å²) >= 11 is 0. The van der Waals surface area contributed by atoms with Crippen LogP contribution in [0.1, 0.15) is 22.8 Å². The fourth-order valence-electron chi connectivity index (χ4n) is 1.20. The molecule has 1 rings (SSSR count). The van der Waals surface area contributed by atoms with Gasteiger partial charge in [0.2, 0.25) is 0 Å². The van der Waals surface area contributed by atoms with Crippen molar-refractivity contribution >= 4 is 11.9 Å². The van der Waals surface area contributed by atoms with E-state index in [1.54, 1.807) is 19.4 Å². The molecule has 0 spiro atoms. The lowest BCUT2D eigenvalue weighted by Crippen LogP contribution is -1.89. The highest BCUT2D eigenvalue weighted by Gasteiger charge is 2.01. The van der Waals surface area contributed by atoms with E-state index in [4.69, 9.17) is 4.74 Å². The first kappa shape index (κ1) is 9.52. The van der Waals surface area contributed by atoms with E-state index in [0.29, 0.717) is 5.56 Å². The Balaban J connectivity index is 3.12. The maximum atomic E-state index is 10.7. The lowest BCUT2D eigenvalue weighted by molar-refractivity contribution is 0.112. The van der Waals surface area contributed by atoms with Gasteiger partial charge >= 0.3 is 0 Å². The summed E-state index contributed by atoms with van der Waals surface area (Å²) < 4.78 is 4.88. The SMILES string of the molecule is CO/C=C(\C)c1ccccc1C=O. The Bertz CT molecular complexity index is 327. The highest BCUT2D eigenvalue weighted by Crippen LogP contribution is 2.16. The van der Waals surface area contributed by atoms with Gasteiger partial charge in [0.15, 0.2) is 6.29 Å². The van der Waals surface area contributed by atoms with Crippen LogP contribution in [0.2, 0.25) is 0 Å². The standard InChI is InChI=1S/C11H12O2/c1-9(8-13-2)11-6-4-3-5-10(11)7-12/h3-8H,1-2H3/b9-8+. The van der Waals surface area contributed by atoms with Crippen LogP contribution in [0, 0.1) is 0 Å². The second-order valence-corrected chi connectivity index (χ2v) is 2.74. The van der Waals surface area contributed by atoms with E-state index in [1.165, 1.54) is 0 Å². The third-order valence-electron chi connectivity index (χ3n) is 1.81. The maximum absolute atomic E-state index is 10.7. The Hall–Kier alpha value is -1.57. The topological polar surface area (TPSA) is 26.3 Å². The molecule has 68 valence electrons. The lowest BCUT2D eigenvalue weighted by Gasteiger charge is -2.03. The predicted molar refractivity (Wildman–Crippen MR) is 52.5 cm³/mol. The first-order chi connectivity index (χ1) is 6.29. The monoisotopic (exact) mass is 176 g/mol. The van der Waals surface area contributed by atoms with E-state index in [1.807, 2.05) is 25.1 Å². The summed E-state index contributed by atoms with van der Waals surface area (Å²) in [6.45, 7) is 1.91. The molecule has 0 saturated carbocycles. The first-order valence-corrected chi connectivity index (χ1v) is 4.03. The number of ether oxygens (including phenoxy) is 1. The molecule has 0 aliphatic carbocycles. The minimum Gasteiger partial charge on any atom is -0.504 e. The number of hydrogen-bond acceptors (Lipinski definition) is 2. The second kappa shape index (κ2) is 4.45.